The van der Waals surface area contributed by atoms with Gasteiger partial charge in [-0.25, -0.2) is 0 Å². The maximum Gasteiger partial charge on any atom is 0.250 e. The van der Waals surface area contributed by atoms with Crippen LogP contribution in [0.4, 0.5) is 0 Å². The maximum absolute atomic E-state index is 11.9. The SMILES string of the molecule is Cn1cc(-c2noc([C@@H]3NC(=O)C[C@H]3c3cccc(Cl)c3)n2)nn1. The molecular weight excluding hydrogens is 332 g/mol. The van der Waals surface area contributed by atoms with Crippen LogP contribution in [-0.2, 0) is 11.8 Å². The topological polar surface area (TPSA) is 98.7 Å². The Kier molecular flexibility index (Phi) is 3.53. The van der Waals surface area contributed by atoms with Gasteiger partial charge in [0.1, 0.15) is 6.04 Å². The first-order valence-corrected chi connectivity index (χ1v) is 7.73. The molecule has 3 aromatic rings. The van der Waals surface area contributed by atoms with Crippen LogP contribution < -0.4 is 5.32 Å². The molecule has 9 heteroatoms. The highest BCUT2D eigenvalue weighted by Gasteiger charge is 2.38. The Morgan fingerprint density at radius 3 is 3.04 bits per heavy atom. The predicted octanol–water partition coefficient (Wildman–Crippen LogP) is 1.86. The summed E-state index contributed by atoms with van der Waals surface area (Å²) in [6, 6.07) is 7.04. The molecule has 122 valence electrons. The van der Waals surface area contributed by atoms with Crippen molar-refractivity contribution in [3.05, 3.63) is 46.9 Å². The number of benzene rings is 1. The Hall–Kier alpha value is -2.74. The van der Waals surface area contributed by atoms with E-state index in [1.54, 1.807) is 24.0 Å². The fraction of sp³-hybridized carbons (Fsp3) is 0.267. The van der Waals surface area contributed by atoms with Crippen molar-refractivity contribution in [3.8, 4) is 11.5 Å². The van der Waals surface area contributed by atoms with Crippen LogP contribution in [-0.4, -0.2) is 31.0 Å². The third-order valence-corrected chi connectivity index (χ3v) is 4.18. The number of carbonyl (C=O) groups is 1. The van der Waals surface area contributed by atoms with Crippen molar-refractivity contribution < 1.29 is 9.32 Å². The Morgan fingerprint density at radius 1 is 1.42 bits per heavy atom. The van der Waals surface area contributed by atoms with Gasteiger partial charge in [0.15, 0.2) is 5.69 Å². The van der Waals surface area contributed by atoms with Gasteiger partial charge in [0.2, 0.25) is 17.6 Å². The second-order valence-electron chi connectivity index (χ2n) is 5.64. The molecule has 0 bridgehead atoms. The normalized spacial score (nSPS) is 20.3. The Morgan fingerprint density at radius 2 is 2.29 bits per heavy atom. The van der Waals surface area contributed by atoms with Gasteiger partial charge in [0.25, 0.3) is 0 Å². The summed E-state index contributed by atoms with van der Waals surface area (Å²) in [4.78, 5) is 16.3. The molecule has 0 saturated carbocycles. The monoisotopic (exact) mass is 344 g/mol. The van der Waals surface area contributed by atoms with Gasteiger partial charge >= 0.3 is 0 Å². The standard InChI is InChI=1S/C15H13ClN6O2/c1-22-7-11(19-21-22)14-18-15(24-20-14)13-10(6-12(23)17-13)8-3-2-4-9(16)5-8/h2-5,7,10,13H,6H2,1H3,(H,17,23)/t10-,13+/m0/s1. The van der Waals surface area contributed by atoms with Crippen LogP contribution in [0.25, 0.3) is 11.5 Å². The van der Waals surface area contributed by atoms with Crippen molar-refractivity contribution >= 4 is 17.5 Å². The zero-order valence-corrected chi connectivity index (χ0v) is 13.4. The summed E-state index contributed by atoms with van der Waals surface area (Å²) in [5.74, 6) is 0.492. The van der Waals surface area contributed by atoms with Gasteiger partial charge in [-0.3, -0.25) is 9.48 Å². The molecule has 4 rings (SSSR count). The molecule has 0 aliphatic carbocycles. The number of halogens is 1. The van der Waals surface area contributed by atoms with Gasteiger partial charge in [-0.2, -0.15) is 4.98 Å². The molecule has 0 spiro atoms. The average Bonchev–Trinajstić information content (AvgIpc) is 3.26. The van der Waals surface area contributed by atoms with Gasteiger partial charge in [0, 0.05) is 24.4 Å². The van der Waals surface area contributed by atoms with Gasteiger partial charge in [-0.1, -0.05) is 34.1 Å². The van der Waals surface area contributed by atoms with Crippen LogP contribution >= 0.6 is 11.6 Å². The number of hydrogen-bond acceptors (Lipinski definition) is 6. The Balaban J connectivity index is 1.67. The molecule has 1 aromatic carbocycles. The first kappa shape index (κ1) is 14.8. The highest BCUT2D eigenvalue weighted by molar-refractivity contribution is 6.30. The van der Waals surface area contributed by atoms with Crippen molar-refractivity contribution in [3.63, 3.8) is 0 Å². The maximum atomic E-state index is 11.9. The minimum Gasteiger partial charge on any atom is -0.344 e. The van der Waals surface area contributed by atoms with Gasteiger partial charge < -0.3 is 9.84 Å². The average molecular weight is 345 g/mol. The van der Waals surface area contributed by atoms with E-state index in [0.29, 0.717) is 28.9 Å². The molecule has 1 aliphatic rings. The third-order valence-electron chi connectivity index (χ3n) is 3.94. The van der Waals surface area contributed by atoms with Crippen LogP contribution in [0.3, 0.4) is 0 Å². The van der Waals surface area contributed by atoms with Crippen LogP contribution in [0.1, 0.15) is 29.8 Å². The number of hydrogen-bond donors (Lipinski definition) is 1. The first-order valence-electron chi connectivity index (χ1n) is 7.35. The third kappa shape index (κ3) is 2.65. The molecule has 1 amide bonds. The van der Waals surface area contributed by atoms with E-state index in [1.165, 1.54) is 0 Å². The molecular formula is C15H13ClN6O2. The van der Waals surface area contributed by atoms with Gasteiger partial charge in [-0.05, 0) is 17.7 Å². The number of rotatable bonds is 3. The second kappa shape index (κ2) is 5.72. The first-order chi connectivity index (χ1) is 11.6. The van der Waals surface area contributed by atoms with Crippen molar-refractivity contribution in [2.75, 3.05) is 0 Å². The van der Waals surface area contributed by atoms with E-state index < -0.39 is 6.04 Å². The fourth-order valence-corrected chi connectivity index (χ4v) is 3.05. The highest BCUT2D eigenvalue weighted by atomic mass is 35.5. The molecule has 2 atom stereocenters. The molecule has 1 fully saturated rings. The van der Waals surface area contributed by atoms with Gasteiger partial charge in [0.05, 0.1) is 6.20 Å². The predicted molar refractivity (Wildman–Crippen MR) is 84.0 cm³/mol. The smallest absolute Gasteiger partial charge is 0.250 e. The zero-order chi connectivity index (χ0) is 16.7. The Labute approximate surface area is 141 Å². The number of carbonyl (C=O) groups excluding carboxylic acids is 1. The molecule has 24 heavy (non-hydrogen) atoms. The minimum absolute atomic E-state index is 0.0655. The quantitative estimate of drug-likeness (QED) is 0.778. The molecule has 2 aromatic heterocycles. The van der Waals surface area contributed by atoms with Gasteiger partial charge in [-0.15, -0.1) is 5.10 Å². The van der Waals surface area contributed by atoms with Crippen LogP contribution in [0.2, 0.25) is 5.02 Å². The summed E-state index contributed by atoms with van der Waals surface area (Å²) in [7, 11) is 1.75. The summed E-state index contributed by atoms with van der Waals surface area (Å²) in [5, 5.41) is 15.2. The van der Waals surface area contributed by atoms with Crippen molar-refractivity contribution in [2.45, 2.75) is 18.4 Å². The number of aromatic nitrogens is 5. The summed E-state index contributed by atoms with van der Waals surface area (Å²) in [6.07, 6.45) is 2.03. The van der Waals surface area contributed by atoms with Crippen LogP contribution in [0, 0.1) is 0 Å². The van der Waals surface area contributed by atoms with Crippen LogP contribution in [0.15, 0.2) is 35.0 Å². The van der Waals surface area contributed by atoms with E-state index in [4.69, 9.17) is 16.1 Å². The number of amides is 1. The van der Waals surface area contributed by atoms with E-state index >= 15 is 0 Å². The number of nitrogens with one attached hydrogen (secondary N) is 1. The summed E-state index contributed by atoms with van der Waals surface area (Å²) in [6.45, 7) is 0. The molecule has 1 N–H and O–H groups in total. The molecule has 8 nitrogen and oxygen atoms in total. The molecule has 1 saturated heterocycles. The lowest BCUT2D eigenvalue weighted by Crippen LogP contribution is -2.20. The Bertz CT molecular complexity index is 905. The summed E-state index contributed by atoms with van der Waals surface area (Å²) in [5.41, 5.74) is 1.46. The van der Waals surface area contributed by atoms with Crippen molar-refractivity contribution in [2.24, 2.45) is 7.05 Å². The minimum atomic E-state index is -0.395. The summed E-state index contributed by atoms with van der Waals surface area (Å²) < 4.78 is 6.91. The summed E-state index contributed by atoms with van der Waals surface area (Å²) >= 11 is 6.07. The highest BCUT2D eigenvalue weighted by Crippen LogP contribution is 2.38. The van der Waals surface area contributed by atoms with Crippen molar-refractivity contribution in [1.82, 2.24) is 30.5 Å². The lowest BCUT2D eigenvalue weighted by molar-refractivity contribution is -0.119. The van der Waals surface area contributed by atoms with E-state index in [2.05, 4.69) is 25.8 Å². The van der Waals surface area contributed by atoms with E-state index in [0.717, 1.165) is 5.56 Å². The molecule has 1 aliphatic heterocycles. The zero-order valence-electron chi connectivity index (χ0n) is 12.7. The number of aryl methyl sites for hydroxylation is 1. The molecule has 0 radical (unpaired) electrons. The van der Waals surface area contributed by atoms with Crippen LogP contribution in [0.5, 0.6) is 0 Å². The van der Waals surface area contributed by atoms with E-state index in [-0.39, 0.29) is 11.8 Å². The van der Waals surface area contributed by atoms with E-state index in [1.807, 2.05) is 18.2 Å². The fourth-order valence-electron chi connectivity index (χ4n) is 2.85. The molecule has 0 unspecified atom stereocenters. The molecule has 3 heterocycles. The largest absolute Gasteiger partial charge is 0.344 e. The van der Waals surface area contributed by atoms with E-state index in [9.17, 15) is 4.79 Å². The van der Waals surface area contributed by atoms with Crippen molar-refractivity contribution in [1.29, 1.82) is 0 Å². The second-order valence-corrected chi connectivity index (χ2v) is 6.08. The lowest BCUT2D eigenvalue weighted by Gasteiger charge is -2.15. The lowest BCUT2D eigenvalue weighted by atomic mass is 9.92. The number of nitrogens with zero attached hydrogens (tertiary/aromatic N) is 5.